The van der Waals surface area contributed by atoms with Crippen molar-refractivity contribution in [3.63, 3.8) is 0 Å². The Balaban J connectivity index is 1.66. The molecule has 228 valence electrons. The van der Waals surface area contributed by atoms with E-state index in [2.05, 4.69) is 0 Å². The first kappa shape index (κ1) is 30.6. The van der Waals surface area contributed by atoms with Crippen molar-refractivity contribution in [2.75, 3.05) is 26.4 Å². The summed E-state index contributed by atoms with van der Waals surface area (Å²) < 4.78 is 83.6. The Morgan fingerprint density at radius 2 is 1.59 bits per heavy atom. The van der Waals surface area contributed by atoms with E-state index in [0.29, 0.717) is 55.6 Å². The molecule has 4 aliphatic rings. The van der Waals surface area contributed by atoms with E-state index in [0.717, 1.165) is 5.57 Å². The van der Waals surface area contributed by atoms with Crippen LogP contribution in [0.4, 0.5) is 22.0 Å². The molecule has 5 nitrogen and oxygen atoms in total. The van der Waals surface area contributed by atoms with Crippen LogP contribution in [0.15, 0.2) is 35.4 Å². The van der Waals surface area contributed by atoms with Gasteiger partial charge in [0.2, 0.25) is 0 Å². The number of hydrogen-bond acceptors (Lipinski definition) is 5. The van der Waals surface area contributed by atoms with Crippen LogP contribution >= 0.6 is 0 Å². The van der Waals surface area contributed by atoms with Crippen molar-refractivity contribution in [3.8, 4) is 0 Å². The molecule has 2 N–H and O–H groups in total. The highest BCUT2D eigenvalue weighted by atomic mass is 19.4. The van der Waals surface area contributed by atoms with Crippen LogP contribution in [0.3, 0.4) is 0 Å². The highest BCUT2D eigenvalue weighted by molar-refractivity contribution is 5.74. The van der Waals surface area contributed by atoms with Crippen LogP contribution in [0.25, 0.3) is 0 Å². The van der Waals surface area contributed by atoms with E-state index in [1.165, 1.54) is 6.92 Å². The summed E-state index contributed by atoms with van der Waals surface area (Å²) >= 11 is 0. The number of ether oxygens (including phenoxy) is 2. The highest BCUT2D eigenvalue weighted by Gasteiger charge is 2.79. The summed E-state index contributed by atoms with van der Waals surface area (Å²) in [6.07, 6.45) is -5.10. The van der Waals surface area contributed by atoms with Crippen molar-refractivity contribution >= 4 is 6.29 Å². The molecule has 10 heteroatoms. The van der Waals surface area contributed by atoms with E-state index in [-0.39, 0.29) is 31.3 Å². The Morgan fingerprint density at radius 3 is 2.22 bits per heavy atom. The fourth-order valence-electron chi connectivity index (χ4n) is 8.31. The minimum atomic E-state index is -5.91. The fraction of sp³-hybridized carbons (Fsp3) is 0.710. The molecule has 1 heterocycles. The number of carbonyl (C=O) groups is 1. The zero-order valence-electron chi connectivity index (χ0n) is 23.7. The minimum absolute atomic E-state index is 0.0105. The fourth-order valence-corrected chi connectivity index (χ4v) is 8.31. The molecule has 3 fully saturated rings. The number of rotatable bonds is 3. The Morgan fingerprint density at radius 1 is 0.927 bits per heavy atom. The minimum Gasteiger partial charge on any atom is -0.383 e. The maximum atomic E-state index is 15.2. The van der Waals surface area contributed by atoms with Gasteiger partial charge in [-0.05, 0) is 61.5 Å². The van der Waals surface area contributed by atoms with Gasteiger partial charge < -0.3 is 19.7 Å². The zero-order chi connectivity index (χ0) is 30.1. The highest BCUT2D eigenvalue weighted by Crippen LogP contribution is 2.70. The lowest BCUT2D eigenvalue weighted by Gasteiger charge is -2.57. The van der Waals surface area contributed by atoms with Gasteiger partial charge in [-0.3, -0.25) is 4.79 Å². The molecule has 0 radical (unpaired) electrons. The summed E-state index contributed by atoms with van der Waals surface area (Å²) in [5.41, 5.74) is -4.11. The van der Waals surface area contributed by atoms with Crippen molar-refractivity contribution < 1.29 is 46.4 Å². The molecule has 3 aliphatic carbocycles. The predicted molar refractivity (Wildman–Crippen MR) is 141 cm³/mol. The number of alkyl halides is 5. The van der Waals surface area contributed by atoms with Gasteiger partial charge in [-0.2, -0.15) is 22.0 Å². The van der Waals surface area contributed by atoms with Crippen molar-refractivity contribution in [1.82, 2.24) is 0 Å². The molecule has 2 unspecified atom stereocenters. The Labute approximate surface area is 237 Å². The molecule has 5 rings (SSSR count). The van der Waals surface area contributed by atoms with E-state index in [1.54, 1.807) is 24.3 Å². The van der Waals surface area contributed by atoms with Gasteiger partial charge in [0.1, 0.15) is 17.5 Å². The average Bonchev–Trinajstić information content (AvgIpc) is 3.17. The lowest BCUT2D eigenvalue weighted by molar-refractivity contribution is -0.362. The average molecular weight is 587 g/mol. The molecule has 1 aromatic carbocycles. The van der Waals surface area contributed by atoms with Crippen molar-refractivity contribution in [2.45, 2.75) is 88.5 Å². The second kappa shape index (κ2) is 10.1. The van der Waals surface area contributed by atoms with E-state index in [4.69, 9.17) is 9.47 Å². The third kappa shape index (κ3) is 4.77. The number of aldehydes is 1. The second-order valence-electron chi connectivity index (χ2n) is 13.6. The molecular weight excluding hydrogens is 547 g/mol. The van der Waals surface area contributed by atoms with Crippen LogP contribution < -0.4 is 0 Å². The number of hydrogen-bond donors (Lipinski definition) is 2. The first-order valence-electron chi connectivity index (χ1n) is 14.3. The van der Waals surface area contributed by atoms with Crippen molar-refractivity contribution in [2.24, 2.45) is 22.7 Å². The molecule has 6 atom stereocenters. The van der Waals surface area contributed by atoms with Gasteiger partial charge in [0, 0.05) is 22.3 Å². The molecule has 0 amide bonds. The largest absolute Gasteiger partial charge is 0.456 e. The Kier molecular flexibility index (Phi) is 7.53. The van der Waals surface area contributed by atoms with Crippen LogP contribution in [-0.4, -0.2) is 66.2 Å². The van der Waals surface area contributed by atoms with Gasteiger partial charge in [0.05, 0.1) is 26.4 Å². The van der Waals surface area contributed by atoms with E-state index >= 15 is 8.78 Å². The monoisotopic (exact) mass is 586 g/mol. The normalized spacial score (nSPS) is 38.0. The molecule has 0 bridgehead atoms. The Hall–Kier alpha value is -1.88. The van der Waals surface area contributed by atoms with E-state index < -0.39 is 52.9 Å². The topological polar surface area (TPSA) is 76.0 Å². The molecule has 2 saturated carbocycles. The molecule has 1 aromatic rings. The van der Waals surface area contributed by atoms with Gasteiger partial charge >= 0.3 is 12.1 Å². The first-order valence-corrected chi connectivity index (χ1v) is 14.3. The number of carbonyl (C=O) groups excluding carboxylic acids is 1. The van der Waals surface area contributed by atoms with Crippen molar-refractivity contribution in [3.05, 3.63) is 46.5 Å². The number of fused-ring (bicyclic) bond motifs is 4. The molecule has 1 aliphatic heterocycles. The molecule has 0 spiro atoms. The van der Waals surface area contributed by atoms with Crippen molar-refractivity contribution in [1.29, 1.82) is 0 Å². The third-order valence-electron chi connectivity index (χ3n) is 10.4. The number of allylic oxidation sites excluding steroid dienone is 1. The Bertz CT molecular complexity index is 1190. The first-order chi connectivity index (χ1) is 19.0. The van der Waals surface area contributed by atoms with E-state index in [1.807, 2.05) is 13.8 Å². The van der Waals surface area contributed by atoms with Gasteiger partial charge in [0.25, 0.3) is 0 Å². The standard InChI is InChI=1S/C31H39F5O5/c1-26(2)16-40-13-10-24-25-21(8-11-28(24,38)18-41-17-26)23-9-12-29(39,30(32,33)31(34,35)36)27(23,3)14-22(25)20-6-4-19(15-37)5-7-20/h4-7,15,21-23,38-39H,8-14,16-18H2,1-3H3/t21?,22-,23?,27+,28-,29+/m1/s1. The summed E-state index contributed by atoms with van der Waals surface area (Å²) in [6, 6.07) is 6.53. The lowest BCUT2D eigenvalue weighted by atomic mass is 9.50. The third-order valence-corrected chi connectivity index (χ3v) is 10.4. The molecule has 0 aromatic heterocycles. The van der Waals surface area contributed by atoms with Crippen LogP contribution in [0.2, 0.25) is 0 Å². The van der Waals surface area contributed by atoms with E-state index in [9.17, 15) is 28.2 Å². The lowest BCUT2D eigenvalue weighted by Crippen LogP contribution is -2.65. The maximum absolute atomic E-state index is 15.2. The predicted octanol–water partition coefficient (Wildman–Crippen LogP) is 6.23. The molecular formula is C31H39F5O5. The number of halogens is 5. The van der Waals surface area contributed by atoms with Gasteiger partial charge in [-0.25, -0.2) is 0 Å². The molecule has 41 heavy (non-hydrogen) atoms. The summed E-state index contributed by atoms with van der Waals surface area (Å²) in [7, 11) is 0. The van der Waals surface area contributed by atoms with Gasteiger partial charge in [-0.1, -0.05) is 50.6 Å². The van der Waals surface area contributed by atoms with Gasteiger partial charge in [0.15, 0.2) is 0 Å². The smallest absolute Gasteiger partial charge is 0.383 e. The second-order valence-corrected chi connectivity index (χ2v) is 13.6. The summed E-state index contributed by atoms with van der Waals surface area (Å²) in [5.74, 6) is -7.02. The number of benzene rings is 1. The van der Waals surface area contributed by atoms with Crippen LogP contribution in [0.5, 0.6) is 0 Å². The number of aliphatic hydroxyl groups is 2. The zero-order valence-corrected chi connectivity index (χ0v) is 23.7. The maximum Gasteiger partial charge on any atom is 0.456 e. The quantitative estimate of drug-likeness (QED) is 0.250. The summed E-state index contributed by atoms with van der Waals surface area (Å²) in [5, 5.41) is 23.4. The summed E-state index contributed by atoms with van der Waals surface area (Å²) in [6.45, 7) is 6.54. The molecule has 1 saturated heterocycles. The van der Waals surface area contributed by atoms with Crippen LogP contribution in [0, 0.1) is 22.7 Å². The SMILES string of the molecule is CC1(C)COCCC2=C3C(CC[C@@]2(O)COC1)C1CC[C@@](O)(C(F)(F)C(F)(F)F)[C@@]1(C)C[C@@H]3c1ccc(C=O)cc1. The van der Waals surface area contributed by atoms with Gasteiger partial charge in [-0.15, -0.1) is 0 Å². The van der Waals surface area contributed by atoms with Crippen LogP contribution in [-0.2, 0) is 9.47 Å². The van der Waals surface area contributed by atoms with Crippen LogP contribution in [0.1, 0.15) is 81.1 Å². The summed E-state index contributed by atoms with van der Waals surface area (Å²) in [4.78, 5) is 11.3.